The first-order valence-corrected chi connectivity index (χ1v) is 5.56. The summed E-state index contributed by atoms with van der Waals surface area (Å²) in [6.45, 7) is 1.17. The third kappa shape index (κ3) is 3.26. The molecule has 0 amide bonds. The van der Waals surface area contributed by atoms with Crippen molar-refractivity contribution in [1.29, 1.82) is 0 Å². The zero-order valence-electron chi connectivity index (χ0n) is 8.89. The molecule has 0 spiro atoms. The maximum Gasteiger partial charge on any atom is 0.283 e. The Kier molecular flexibility index (Phi) is 4.85. The number of likely N-dealkylation sites (N-methyl/N-ethyl adjacent to an activating group) is 1. The molecular weight excluding hydrogens is 276 g/mol. The van der Waals surface area contributed by atoms with E-state index in [0.717, 1.165) is 5.56 Å². The van der Waals surface area contributed by atoms with Crippen molar-refractivity contribution in [2.75, 3.05) is 20.2 Å². The third-order valence-corrected chi connectivity index (χ3v) is 3.09. The first-order chi connectivity index (χ1) is 7.56. The van der Waals surface area contributed by atoms with Gasteiger partial charge in [-0.2, -0.15) is 0 Å². The van der Waals surface area contributed by atoms with Gasteiger partial charge in [-0.05, 0) is 28.5 Å². The molecule has 88 valence electrons. The molecule has 0 radical (unpaired) electrons. The van der Waals surface area contributed by atoms with Gasteiger partial charge < -0.3 is 5.11 Å². The molecule has 0 atom stereocenters. The average molecular weight is 289 g/mol. The molecule has 5 nitrogen and oxygen atoms in total. The zero-order chi connectivity index (χ0) is 12.1. The van der Waals surface area contributed by atoms with E-state index in [2.05, 4.69) is 15.9 Å². The Morgan fingerprint density at radius 2 is 2.25 bits per heavy atom. The molecule has 1 aromatic carbocycles. The van der Waals surface area contributed by atoms with Crippen LogP contribution >= 0.6 is 15.9 Å². The molecule has 0 bridgehead atoms. The summed E-state index contributed by atoms with van der Waals surface area (Å²) in [6, 6.07) is 4.94. The fraction of sp³-hybridized carbons (Fsp3) is 0.400. The van der Waals surface area contributed by atoms with Crippen molar-refractivity contribution in [3.63, 3.8) is 0 Å². The molecule has 1 N–H and O–H groups in total. The molecule has 0 saturated carbocycles. The Bertz CT molecular complexity index is 384. The summed E-state index contributed by atoms with van der Waals surface area (Å²) in [4.78, 5) is 12.2. The van der Waals surface area contributed by atoms with Gasteiger partial charge in [-0.25, -0.2) is 0 Å². The first kappa shape index (κ1) is 13.1. The molecule has 0 saturated heterocycles. The summed E-state index contributed by atoms with van der Waals surface area (Å²) < 4.78 is 0.504. The van der Waals surface area contributed by atoms with E-state index in [1.54, 1.807) is 6.07 Å². The summed E-state index contributed by atoms with van der Waals surface area (Å²) in [5, 5.41) is 19.5. The normalized spacial score (nSPS) is 10.8. The summed E-state index contributed by atoms with van der Waals surface area (Å²) in [7, 11) is 1.85. The van der Waals surface area contributed by atoms with Crippen LogP contribution in [0.3, 0.4) is 0 Å². The molecule has 6 heteroatoms. The maximum absolute atomic E-state index is 10.7. The molecule has 0 aromatic heterocycles. The van der Waals surface area contributed by atoms with Crippen molar-refractivity contribution in [3.05, 3.63) is 38.3 Å². The molecule has 0 heterocycles. The lowest BCUT2D eigenvalue weighted by Gasteiger charge is -2.15. The fourth-order valence-electron chi connectivity index (χ4n) is 1.37. The average Bonchev–Trinajstić information content (AvgIpc) is 2.21. The molecule has 1 rings (SSSR count). The van der Waals surface area contributed by atoms with Crippen LogP contribution in [0.1, 0.15) is 5.56 Å². The smallest absolute Gasteiger partial charge is 0.283 e. The van der Waals surface area contributed by atoms with Gasteiger partial charge in [0.2, 0.25) is 0 Å². The van der Waals surface area contributed by atoms with Gasteiger partial charge in [0.05, 0.1) is 16.0 Å². The van der Waals surface area contributed by atoms with E-state index in [0.29, 0.717) is 17.6 Å². The SMILES string of the molecule is CN(CCO)Cc1cccc([N+](=O)[O-])c1Br. The minimum Gasteiger partial charge on any atom is -0.395 e. The van der Waals surface area contributed by atoms with Gasteiger partial charge in [-0.3, -0.25) is 15.0 Å². The van der Waals surface area contributed by atoms with Crippen LogP contribution in [0, 0.1) is 10.1 Å². The fourth-order valence-corrected chi connectivity index (χ4v) is 1.90. The van der Waals surface area contributed by atoms with Crippen LogP contribution in [-0.2, 0) is 6.54 Å². The number of hydrogen-bond donors (Lipinski definition) is 1. The molecule has 0 aliphatic carbocycles. The highest BCUT2D eigenvalue weighted by molar-refractivity contribution is 9.10. The Morgan fingerprint density at radius 1 is 1.56 bits per heavy atom. The van der Waals surface area contributed by atoms with Crippen LogP contribution in [0.4, 0.5) is 5.69 Å². The maximum atomic E-state index is 10.7. The van der Waals surface area contributed by atoms with Crippen LogP contribution in [0.2, 0.25) is 0 Å². The lowest BCUT2D eigenvalue weighted by Crippen LogP contribution is -2.21. The highest BCUT2D eigenvalue weighted by Gasteiger charge is 2.15. The molecule has 0 aliphatic heterocycles. The lowest BCUT2D eigenvalue weighted by atomic mass is 10.2. The highest BCUT2D eigenvalue weighted by Crippen LogP contribution is 2.28. The van der Waals surface area contributed by atoms with Crippen LogP contribution < -0.4 is 0 Å². The van der Waals surface area contributed by atoms with Crippen LogP contribution in [0.15, 0.2) is 22.7 Å². The quantitative estimate of drug-likeness (QED) is 0.663. The summed E-state index contributed by atoms with van der Waals surface area (Å²) in [5.74, 6) is 0. The van der Waals surface area contributed by atoms with Crippen molar-refractivity contribution in [3.8, 4) is 0 Å². The standard InChI is InChI=1S/C10H13BrN2O3/c1-12(5-6-14)7-8-3-2-4-9(10(8)11)13(15)16/h2-4,14H,5-7H2,1H3. The monoisotopic (exact) mass is 288 g/mol. The van der Waals surface area contributed by atoms with Gasteiger partial charge in [-0.1, -0.05) is 12.1 Å². The van der Waals surface area contributed by atoms with Gasteiger partial charge in [0.25, 0.3) is 5.69 Å². The molecule has 1 aromatic rings. The van der Waals surface area contributed by atoms with Crippen LogP contribution in [-0.4, -0.2) is 35.1 Å². The number of aliphatic hydroxyl groups excluding tert-OH is 1. The van der Waals surface area contributed by atoms with Gasteiger partial charge >= 0.3 is 0 Å². The Labute approximate surface area is 102 Å². The van der Waals surface area contributed by atoms with E-state index in [1.807, 2.05) is 18.0 Å². The lowest BCUT2D eigenvalue weighted by molar-refractivity contribution is -0.385. The molecule has 16 heavy (non-hydrogen) atoms. The third-order valence-electron chi connectivity index (χ3n) is 2.18. The van der Waals surface area contributed by atoms with Crippen molar-refractivity contribution in [1.82, 2.24) is 4.90 Å². The van der Waals surface area contributed by atoms with Crippen LogP contribution in [0.25, 0.3) is 0 Å². The number of nitrogens with zero attached hydrogens (tertiary/aromatic N) is 2. The molecule has 0 aliphatic rings. The number of nitro benzene ring substituents is 1. The predicted molar refractivity (Wildman–Crippen MR) is 64.2 cm³/mol. The Balaban J connectivity index is 2.89. The number of halogens is 1. The number of hydrogen-bond acceptors (Lipinski definition) is 4. The van der Waals surface area contributed by atoms with Crippen molar-refractivity contribution in [2.45, 2.75) is 6.54 Å². The van der Waals surface area contributed by atoms with E-state index in [9.17, 15) is 10.1 Å². The first-order valence-electron chi connectivity index (χ1n) is 4.77. The Hall–Kier alpha value is -0.980. The summed E-state index contributed by atoms with van der Waals surface area (Å²) in [6.07, 6.45) is 0. The second kappa shape index (κ2) is 5.93. The van der Waals surface area contributed by atoms with E-state index in [-0.39, 0.29) is 12.3 Å². The molecule has 0 fully saturated rings. The van der Waals surface area contributed by atoms with Gasteiger partial charge in [0.1, 0.15) is 0 Å². The second-order valence-electron chi connectivity index (χ2n) is 3.47. The van der Waals surface area contributed by atoms with Crippen LogP contribution in [0.5, 0.6) is 0 Å². The number of aliphatic hydroxyl groups is 1. The number of benzene rings is 1. The van der Waals surface area contributed by atoms with Gasteiger partial charge in [0, 0.05) is 19.2 Å². The van der Waals surface area contributed by atoms with Gasteiger partial charge in [-0.15, -0.1) is 0 Å². The molecular formula is C10H13BrN2O3. The van der Waals surface area contributed by atoms with E-state index in [1.165, 1.54) is 6.07 Å². The summed E-state index contributed by atoms with van der Waals surface area (Å²) in [5.41, 5.74) is 0.903. The number of nitro groups is 1. The van der Waals surface area contributed by atoms with Crippen molar-refractivity contribution >= 4 is 21.6 Å². The van der Waals surface area contributed by atoms with Crippen molar-refractivity contribution < 1.29 is 10.0 Å². The van der Waals surface area contributed by atoms with Gasteiger partial charge in [0.15, 0.2) is 0 Å². The second-order valence-corrected chi connectivity index (χ2v) is 4.26. The van der Waals surface area contributed by atoms with E-state index in [4.69, 9.17) is 5.11 Å². The summed E-state index contributed by atoms with van der Waals surface area (Å²) >= 11 is 3.23. The topological polar surface area (TPSA) is 66.6 Å². The minimum absolute atomic E-state index is 0.0647. The number of rotatable bonds is 5. The van der Waals surface area contributed by atoms with E-state index >= 15 is 0 Å². The Morgan fingerprint density at radius 3 is 2.81 bits per heavy atom. The largest absolute Gasteiger partial charge is 0.395 e. The highest BCUT2D eigenvalue weighted by atomic mass is 79.9. The minimum atomic E-state index is -0.417. The zero-order valence-corrected chi connectivity index (χ0v) is 10.5. The molecule has 0 unspecified atom stereocenters. The van der Waals surface area contributed by atoms with E-state index < -0.39 is 4.92 Å². The van der Waals surface area contributed by atoms with Crippen molar-refractivity contribution in [2.24, 2.45) is 0 Å². The predicted octanol–water partition coefficient (Wildman–Crippen LogP) is 1.78.